The molecule has 6 heteroatoms. The van der Waals surface area contributed by atoms with E-state index in [4.69, 9.17) is 0 Å². The molecular weight excluding hydrogens is 600 g/mol. The summed E-state index contributed by atoms with van der Waals surface area (Å²) < 4.78 is 2.18. The van der Waals surface area contributed by atoms with Gasteiger partial charge in [-0.15, -0.1) is 0 Å². The Morgan fingerprint density at radius 2 is 0.947 bits per heavy atom. The first kappa shape index (κ1) is 29.7. The summed E-state index contributed by atoms with van der Waals surface area (Å²) >= 11 is 6.95. The molecule has 0 radical (unpaired) electrons. The van der Waals surface area contributed by atoms with Crippen LogP contribution in [-0.2, 0) is 0 Å². The van der Waals surface area contributed by atoms with E-state index in [0.717, 1.165) is 33.2 Å². The van der Waals surface area contributed by atoms with Gasteiger partial charge in [0.2, 0.25) is 0 Å². The van der Waals surface area contributed by atoms with Crippen molar-refractivity contribution in [1.29, 1.82) is 0 Å². The molecule has 0 spiro atoms. The molecule has 0 N–H and O–H groups in total. The Morgan fingerprint density at radius 3 is 1.24 bits per heavy atom. The molecule has 2 aromatic heterocycles. The standard InChI is InChI=1S/2C16H17BrN2/c2*1-19(2)11-9-16(14-4-3-10-18-12-14)13-5-7-15(17)8-6-13/h2*3-10,12H,11H2,1-2H3/b2*16-9-. The fraction of sp³-hybridized carbons (Fsp3) is 0.188. The van der Waals surface area contributed by atoms with Gasteiger partial charge in [-0.3, -0.25) is 9.97 Å². The van der Waals surface area contributed by atoms with Crippen LogP contribution in [0, 0.1) is 0 Å². The molecule has 0 aliphatic heterocycles. The second kappa shape index (κ2) is 15.5. The van der Waals surface area contributed by atoms with Crippen molar-refractivity contribution in [2.45, 2.75) is 0 Å². The fourth-order valence-corrected chi connectivity index (χ4v) is 4.18. The molecule has 4 aromatic rings. The van der Waals surface area contributed by atoms with E-state index in [1.165, 1.54) is 22.3 Å². The third kappa shape index (κ3) is 9.76. The fourth-order valence-electron chi connectivity index (χ4n) is 3.66. The molecule has 0 fully saturated rings. The molecule has 38 heavy (non-hydrogen) atoms. The molecule has 0 amide bonds. The molecule has 196 valence electrons. The second-order valence-corrected chi connectivity index (χ2v) is 11.1. The zero-order chi connectivity index (χ0) is 27.3. The van der Waals surface area contributed by atoms with Gasteiger partial charge >= 0.3 is 0 Å². The van der Waals surface area contributed by atoms with Crippen molar-refractivity contribution >= 4 is 43.0 Å². The Hall–Kier alpha value is -2.90. The van der Waals surface area contributed by atoms with Gasteiger partial charge in [-0.25, -0.2) is 0 Å². The lowest BCUT2D eigenvalue weighted by Gasteiger charge is -2.11. The smallest absolute Gasteiger partial charge is 0.0346 e. The van der Waals surface area contributed by atoms with Crippen LogP contribution < -0.4 is 0 Å². The number of halogens is 2. The summed E-state index contributed by atoms with van der Waals surface area (Å²) in [5, 5.41) is 0. The molecule has 0 aliphatic rings. The molecule has 0 atom stereocenters. The van der Waals surface area contributed by atoms with Crippen LogP contribution in [0.4, 0.5) is 0 Å². The van der Waals surface area contributed by atoms with Gasteiger partial charge in [0.1, 0.15) is 0 Å². The summed E-state index contributed by atoms with van der Waals surface area (Å²) in [5.74, 6) is 0. The minimum atomic E-state index is 0.903. The summed E-state index contributed by atoms with van der Waals surface area (Å²) in [4.78, 5) is 12.7. The number of pyridine rings is 2. The van der Waals surface area contributed by atoms with Crippen LogP contribution in [0.5, 0.6) is 0 Å². The van der Waals surface area contributed by atoms with Crippen molar-refractivity contribution in [2.75, 3.05) is 41.3 Å². The van der Waals surface area contributed by atoms with E-state index >= 15 is 0 Å². The van der Waals surface area contributed by atoms with E-state index in [2.05, 4.69) is 153 Å². The molecule has 0 saturated heterocycles. The highest BCUT2D eigenvalue weighted by atomic mass is 79.9. The maximum Gasteiger partial charge on any atom is 0.0346 e. The largest absolute Gasteiger partial charge is 0.306 e. The minimum absolute atomic E-state index is 0.903. The summed E-state index contributed by atoms with van der Waals surface area (Å²) in [6.07, 6.45) is 11.9. The maximum absolute atomic E-state index is 4.21. The van der Waals surface area contributed by atoms with E-state index in [9.17, 15) is 0 Å². The van der Waals surface area contributed by atoms with Crippen molar-refractivity contribution in [1.82, 2.24) is 19.8 Å². The number of likely N-dealkylation sites (N-methyl/N-ethyl adjacent to an activating group) is 2. The van der Waals surface area contributed by atoms with E-state index < -0.39 is 0 Å². The molecule has 0 unspecified atom stereocenters. The van der Waals surface area contributed by atoms with Gasteiger partial charge in [0.05, 0.1) is 0 Å². The van der Waals surface area contributed by atoms with Crippen LogP contribution in [0.15, 0.2) is 119 Å². The van der Waals surface area contributed by atoms with Crippen molar-refractivity contribution in [2.24, 2.45) is 0 Å². The van der Waals surface area contributed by atoms with Crippen LogP contribution in [0.2, 0.25) is 0 Å². The zero-order valence-electron chi connectivity index (χ0n) is 22.4. The minimum Gasteiger partial charge on any atom is -0.306 e. The van der Waals surface area contributed by atoms with Gasteiger partial charge in [-0.2, -0.15) is 0 Å². The normalized spacial score (nSPS) is 11.9. The van der Waals surface area contributed by atoms with Gasteiger partial charge < -0.3 is 9.80 Å². The van der Waals surface area contributed by atoms with Crippen molar-refractivity contribution in [3.63, 3.8) is 0 Å². The van der Waals surface area contributed by atoms with Gasteiger partial charge in [0, 0.05) is 57.9 Å². The van der Waals surface area contributed by atoms with Gasteiger partial charge in [0.15, 0.2) is 0 Å². The molecule has 0 bridgehead atoms. The van der Waals surface area contributed by atoms with Crippen molar-refractivity contribution in [3.8, 4) is 0 Å². The highest BCUT2D eigenvalue weighted by molar-refractivity contribution is 9.10. The Kier molecular flexibility index (Phi) is 12.1. The van der Waals surface area contributed by atoms with Gasteiger partial charge in [0.25, 0.3) is 0 Å². The maximum atomic E-state index is 4.21. The first-order chi connectivity index (χ1) is 18.3. The molecule has 2 heterocycles. The highest BCUT2D eigenvalue weighted by Gasteiger charge is 2.06. The lowest BCUT2D eigenvalue weighted by atomic mass is 9.99. The Balaban J connectivity index is 0.000000211. The molecular formula is C32H34Br2N4. The molecule has 4 rings (SSSR count). The Morgan fingerprint density at radius 1 is 0.579 bits per heavy atom. The molecule has 0 aliphatic carbocycles. The molecule has 4 nitrogen and oxygen atoms in total. The summed E-state index contributed by atoms with van der Waals surface area (Å²) in [6, 6.07) is 24.9. The monoisotopic (exact) mass is 632 g/mol. The van der Waals surface area contributed by atoms with Crippen LogP contribution >= 0.6 is 31.9 Å². The predicted molar refractivity (Wildman–Crippen MR) is 168 cm³/mol. The van der Waals surface area contributed by atoms with Crippen LogP contribution in [0.25, 0.3) is 11.1 Å². The van der Waals surface area contributed by atoms with Gasteiger partial charge in [-0.05, 0) is 86.9 Å². The van der Waals surface area contributed by atoms with E-state index in [0.29, 0.717) is 0 Å². The van der Waals surface area contributed by atoms with E-state index in [-0.39, 0.29) is 0 Å². The Labute approximate surface area is 244 Å². The van der Waals surface area contributed by atoms with Gasteiger partial charge in [-0.1, -0.05) is 80.4 Å². The SMILES string of the molecule is CN(C)C/C=C(/c1ccc(Br)cc1)c1cccnc1.CN(C)C/C=C(/c1ccc(Br)cc1)c1cccnc1. The van der Waals surface area contributed by atoms with E-state index in [1.54, 1.807) is 12.4 Å². The Bertz CT molecular complexity index is 1190. The number of nitrogens with zero attached hydrogens (tertiary/aromatic N) is 4. The van der Waals surface area contributed by atoms with Crippen molar-refractivity contribution in [3.05, 3.63) is 141 Å². The predicted octanol–water partition coefficient (Wildman–Crippen LogP) is 7.67. The second-order valence-electron chi connectivity index (χ2n) is 9.26. The number of benzene rings is 2. The van der Waals surface area contributed by atoms with Crippen LogP contribution in [0.1, 0.15) is 22.3 Å². The summed E-state index contributed by atoms with van der Waals surface area (Å²) in [7, 11) is 8.27. The summed E-state index contributed by atoms with van der Waals surface area (Å²) in [6.45, 7) is 1.81. The highest BCUT2D eigenvalue weighted by Crippen LogP contribution is 2.25. The lowest BCUT2D eigenvalue weighted by molar-refractivity contribution is 0.457. The number of hydrogen-bond donors (Lipinski definition) is 0. The quantitative estimate of drug-likeness (QED) is 0.199. The average molecular weight is 634 g/mol. The zero-order valence-corrected chi connectivity index (χ0v) is 25.5. The van der Waals surface area contributed by atoms with Crippen LogP contribution in [-0.4, -0.2) is 61.0 Å². The van der Waals surface area contributed by atoms with Crippen LogP contribution in [0.3, 0.4) is 0 Å². The topological polar surface area (TPSA) is 32.3 Å². The van der Waals surface area contributed by atoms with Crippen molar-refractivity contribution < 1.29 is 0 Å². The first-order valence-corrected chi connectivity index (χ1v) is 13.9. The summed E-state index contributed by atoms with van der Waals surface area (Å²) in [5.41, 5.74) is 7.14. The molecule has 2 aromatic carbocycles. The number of aromatic nitrogens is 2. The lowest BCUT2D eigenvalue weighted by Crippen LogP contribution is -2.11. The molecule has 0 saturated carbocycles. The first-order valence-electron chi connectivity index (χ1n) is 12.4. The number of rotatable bonds is 8. The number of hydrogen-bond acceptors (Lipinski definition) is 4. The third-order valence-electron chi connectivity index (χ3n) is 5.58. The van der Waals surface area contributed by atoms with E-state index in [1.807, 2.05) is 24.5 Å². The third-order valence-corrected chi connectivity index (χ3v) is 6.63. The average Bonchev–Trinajstić information content (AvgIpc) is 2.92.